The van der Waals surface area contributed by atoms with E-state index in [-0.39, 0.29) is 28.9 Å². The van der Waals surface area contributed by atoms with Crippen LogP contribution in [0.5, 0.6) is 23.0 Å². The molecule has 2 atom stereocenters. The molecule has 0 saturated carbocycles. The lowest BCUT2D eigenvalue weighted by atomic mass is 9.72. The first-order valence-corrected chi connectivity index (χ1v) is 10.9. The number of benzene rings is 3. The van der Waals surface area contributed by atoms with E-state index in [1.54, 1.807) is 43.3 Å². The van der Waals surface area contributed by atoms with Crippen LogP contribution < -0.4 is 4.74 Å². The number of Topliss-reactive ketones (excluding diaryl/α,β-unsaturated/α-hetero) is 1. The number of rotatable bonds is 1. The minimum absolute atomic E-state index is 0.0565. The highest BCUT2D eigenvalue weighted by molar-refractivity contribution is 6.16. The highest BCUT2D eigenvalue weighted by atomic mass is 16.5. The quantitative estimate of drug-likeness (QED) is 0.292. The van der Waals surface area contributed by atoms with Crippen LogP contribution in [0.3, 0.4) is 0 Å². The van der Waals surface area contributed by atoms with E-state index in [2.05, 4.69) is 0 Å². The van der Waals surface area contributed by atoms with E-state index in [1.807, 2.05) is 6.07 Å². The zero-order valence-electron chi connectivity index (χ0n) is 18.0. The zero-order chi connectivity index (χ0) is 23.4. The highest BCUT2D eigenvalue weighted by Gasteiger charge is 2.52. The monoisotopic (exact) mass is 454 g/mol. The Kier molecular flexibility index (Phi) is 3.45. The van der Waals surface area contributed by atoms with E-state index >= 15 is 0 Å². The topological polar surface area (TPSA) is 113 Å². The van der Waals surface area contributed by atoms with Crippen LogP contribution in [0.25, 0.3) is 33.3 Å². The van der Waals surface area contributed by atoms with Crippen molar-refractivity contribution in [1.29, 1.82) is 0 Å². The molecule has 1 aliphatic carbocycles. The third-order valence-electron chi connectivity index (χ3n) is 6.91. The van der Waals surface area contributed by atoms with Gasteiger partial charge in [0.2, 0.25) is 5.78 Å². The second-order valence-corrected chi connectivity index (χ2v) is 9.18. The average molecular weight is 454 g/mol. The lowest BCUT2D eigenvalue weighted by Gasteiger charge is -2.41. The molecule has 0 spiro atoms. The fourth-order valence-corrected chi connectivity index (χ4v) is 5.32. The SMILES string of the molecule is CC12CC(c3ccc(O)cc3O1)c1oc3cc(-c4cc5ccc(O)cc5o4)cc(O)c3c1C2=O. The van der Waals surface area contributed by atoms with E-state index < -0.39 is 5.60 Å². The molecular formula is C27H18O7. The molecule has 2 aromatic heterocycles. The third-order valence-corrected chi connectivity index (χ3v) is 6.91. The Morgan fingerprint density at radius 1 is 0.912 bits per heavy atom. The van der Waals surface area contributed by atoms with Crippen molar-refractivity contribution in [3.8, 4) is 34.3 Å². The third kappa shape index (κ3) is 2.43. The molecule has 2 unspecified atom stereocenters. The number of phenolic OH excluding ortho intramolecular Hbond substituents is 3. The molecule has 3 N–H and O–H groups in total. The first kappa shape index (κ1) is 19.1. The lowest BCUT2D eigenvalue weighted by Crippen LogP contribution is -2.49. The molecule has 3 aromatic carbocycles. The second-order valence-electron chi connectivity index (χ2n) is 9.18. The molecule has 2 aliphatic rings. The Labute approximate surface area is 192 Å². The number of aromatic hydroxyl groups is 3. The summed E-state index contributed by atoms with van der Waals surface area (Å²) in [6.07, 6.45) is 0.400. The largest absolute Gasteiger partial charge is 0.508 e. The summed E-state index contributed by atoms with van der Waals surface area (Å²) in [6, 6.07) is 14.8. The fraction of sp³-hybridized carbons (Fsp3) is 0.148. The smallest absolute Gasteiger partial charge is 0.210 e. The number of furan rings is 2. The first-order chi connectivity index (χ1) is 16.3. The summed E-state index contributed by atoms with van der Waals surface area (Å²) in [6.45, 7) is 1.73. The number of ether oxygens (including phenoxy) is 1. The van der Waals surface area contributed by atoms with Crippen LogP contribution in [0, 0.1) is 0 Å². The van der Waals surface area contributed by atoms with Crippen molar-refractivity contribution < 1.29 is 33.7 Å². The van der Waals surface area contributed by atoms with E-state index in [0.717, 1.165) is 10.9 Å². The Morgan fingerprint density at radius 3 is 2.56 bits per heavy atom. The van der Waals surface area contributed by atoms with Crippen molar-refractivity contribution in [1.82, 2.24) is 0 Å². The summed E-state index contributed by atoms with van der Waals surface area (Å²) in [4.78, 5) is 13.6. The minimum Gasteiger partial charge on any atom is -0.508 e. The predicted octanol–water partition coefficient (Wildman–Crippen LogP) is 5.83. The predicted molar refractivity (Wildman–Crippen MR) is 123 cm³/mol. The van der Waals surface area contributed by atoms with Gasteiger partial charge in [-0.15, -0.1) is 0 Å². The Balaban J connectivity index is 1.45. The Hall–Kier alpha value is -4.39. The number of carbonyl (C=O) groups is 1. The van der Waals surface area contributed by atoms with Crippen LogP contribution in [-0.2, 0) is 0 Å². The molecule has 0 fully saturated rings. The van der Waals surface area contributed by atoms with Gasteiger partial charge in [-0.05, 0) is 43.3 Å². The molecule has 5 aromatic rings. The number of phenols is 3. The van der Waals surface area contributed by atoms with Crippen molar-refractivity contribution in [2.24, 2.45) is 0 Å². The van der Waals surface area contributed by atoms with Gasteiger partial charge in [0.15, 0.2) is 5.60 Å². The molecule has 3 heterocycles. The Bertz CT molecular complexity index is 1690. The molecule has 7 rings (SSSR count). The lowest BCUT2D eigenvalue weighted by molar-refractivity contribution is 0.0349. The summed E-state index contributed by atoms with van der Waals surface area (Å²) in [7, 11) is 0. The van der Waals surface area contributed by atoms with Gasteiger partial charge in [-0.3, -0.25) is 4.79 Å². The molecule has 34 heavy (non-hydrogen) atoms. The first-order valence-electron chi connectivity index (χ1n) is 10.9. The number of ketones is 1. The summed E-state index contributed by atoms with van der Waals surface area (Å²) in [5.74, 6) is 0.959. The molecular weight excluding hydrogens is 436 g/mol. The van der Waals surface area contributed by atoms with Gasteiger partial charge in [0.05, 0.1) is 16.9 Å². The Morgan fingerprint density at radius 2 is 1.71 bits per heavy atom. The van der Waals surface area contributed by atoms with Crippen molar-refractivity contribution in [2.75, 3.05) is 0 Å². The summed E-state index contributed by atoms with van der Waals surface area (Å²) < 4.78 is 18.2. The summed E-state index contributed by atoms with van der Waals surface area (Å²) >= 11 is 0. The molecule has 2 bridgehead atoms. The normalized spacial score (nSPS) is 20.9. The van der Waals surface area contributed by atoms with Gasteiger partial charge in [0.25, 0.3) is 0 Å². The summed E-state index contributed by atoms with van der Waals surface area (Å²) in [5, 5.41) is 31.8. The van der Waals surface area contributed by atoms with Crippen LogP contribution in [-0.4, -0.2) is 26.7 Å². The molecule has 0 radical (unpaired) electrons. The standard InChI is InChI=1S/C27H18O7/c1-27-11-17(16-5-4-15(29)10-21(16)34-27)25-24(26(27)31)23-18(30)6-13(8-22(23)33-25)19-7-12-2-3-14(28)9-20(12)32-19/h2-10,17,28-30H,11H2,1H3. The van der Waals surface area contributed by atoms with Gasteiger partial charge >= 0.3 is 0 Å². The average Bonchev–Trinajstić information content (AvgIpc) is 3.38. The molecule has 7 nitrogen and oxygen atoms in total. The molecule has 0 saturated heterocycles. The maximum Gasteiger partial charge on any atom is 0.210 e. The van der Waals surface area contributed by atoms with Crippen molar-refractivity contribution >= 4 is 27.7 Å². The van der Waals surface area contributed by atoms with Crippen molar-refractivity contribution in [3.63, 3.8) is 0 Å². The molecule has 7 heteroatoms. The van der Waals surface area contributed by atoms with Crippen LogP contribution in [0.1, 0.15) is 40.9 Å². The number of hydrogen-bond donors (Lipinski definition) is 3. The van der Waals surface area contributed by atoms with Crippen molar-refractivity contribution in [2.45, 2.75) is 24.9 Å². The van der Waals surface area contributed by atoms with Gasteiger partial charge in [-0.2, -0.15) is 0 Å². The van der Waals surface area contributed by atoms with Gasteiger partial charge in [-0.25, -0.2) is 0 Å². The molecule has 1 aliphatic heterocycles. The molecule has 168 valence electrons. The maximum atomic E-state index is 13.6. The van der Waals surface area contributed by atoms with Crippen LogP contribution in [0.4, 0.5) is 0 Å². The highest BCUT2D eigenvalue weighted by Crippen LogP contribution is 2.54. The van der Waals surface area contributed by atoms with Crippen LogP contribution in [0.2, 0.25) is 0 Å². The van der Waals surface area contributed by atoms with Crippen LogP contribution >= 0.6 is 0 Å². The summed E-state index contributed by atoms with van der Waals surface area (Å²) in [5.41, 5.74) is 1.47. The van der Waals surface area contributed by atoms with E-state index in [4.69, 9.17) is 13.6 Å². The van der Waals surface area contributed by atoms with E-state index in [9.17, 15) is 20.1 Å². The van der Waals surface area contributed by atoms with Crippen molar-refractivity contribution in [3.05, 3.63) is 71.5 Å². The second kappa shape index (κ2) is 6.14. The van der Waals surface area contributed by atoms with Crippen LogP contribution in [0.15, 0.2) is 63.4 Å². The zero-order valence-corrected chi connectivity index (χ0v) is 18.0. The maximum absolute atomic E-state index is 13.6. The fourth-order valence-electron chi connectivity index (χ4n) is 5.32. The minimum atomic E-state index is -1.14. The van der Waals surface area contributed by atoms with Gasteiger partial charge in [0.1, 0.15) is 45.7 Å². The van der Waals surface area contributed by atoms with E-state index in [1.165, 1.54) is 12.1 Å². The van der Waals surface area contributed by atoms with Gasteiger partial charge < -0.3 is 28.9 Å². The van der Waals surface area contributed by atoms with Gasteiger partial charge in [-0.1, -0.05) is 6.07 Å². The number of fused-ring (bicyclic) bond motifs is 9. The molecule has 0 amide bonds. The van der Waals surface area contributed by atoms with Gasteiger partial charge in [0, 0.05) is 35.1 Å². The van der Waals surface area contributed by atoms with E-state index in [0.29, 0.717) is 51.4 Å². The number of carbonyl (C=O) groups excluding carboxylic acids is 1. The number of hydrogen-bond acceptors (Lipinski definition) is 7.